The monoisotopic (exact) mass is 418 g/mol. The standard InChI is InChI=1S/C28H34O3/c1-20(11-10-12-21(2)17-26(29)31-6)15-16-25-22(3)27(30)24(19-28(25,4)5)18-23-13-8-7-9-14-23/h7-17,24H,18-19H2,1-6H3/b12-10+,16-15+,20-11+,21-17+/t24-/m1/s1. The molecule has 1 aromatic rings. The lowest BCUT2D eigenvalue weighted by Gasteiger charge is -2.37. The molecule has 0 bridgehead atoms. The largest absolute Gasteiger partial charge is 0.466 e. The van der Waals surface area contributed by atoms with Gasteiger partial charge in [0.15, 0.2) is 5.78 Å². The third-order valence-electron chi connectivity index (χ3n) is 5.73. The Balaban J connectivity index is 2.15. The summed E-state index contributed by atoms with van der Waals surface area (Å²) in [6.45, 7) is 10.3. The van der Waals surface area contributed by atoms with Gasteiger partial charge in [0.1, 0.15) is 0 Å². The SMILES string of the molecule is COC(=O)/C=C(C)/C=C/C=C(C)/C=C/C1=C(C)C(=O)[C@H](Cc2ccccc2)CC1(C)C. The van der Waals surface area contributed by atoms with Crippen molar-refractivity contribution in [3.8, 4) is 0 Å². The van der Waals surface area contributed by atoms with Crippen molar-refractivity contribution in [3.05, 3.63) is 94.6 Å². The van der Waals surface area contributed by atoms with Gasteiger partial charge in [0, 0.05) is 12.0 Å². The smallest absolute Gasteiger partial charge is 0.330 e. The molecule has 0 saturated heterocycles. The van der Waals surface area contributed by atoms with Gasteiger partial charge in [-0.1, -0.05) is 80.1 Å². The lowest BCUT2D eigenvalue weighted by Crippen LogP contribution is -2.33. The third kappa shape index (κ3) is 7.06. The minimum atomic E-state index is -0.361. The van der Waals surface area contributed by atoms with Gasteiger partial charge in [-0.3, -0.25) is 4.79 Å². The highest BCUT2D eigenvalue weighted by Gasteiger charge is 2.37. The van der Waals surface area contributed by atoms with Crippen LogP contribution in [0, 0.1) is 11.3 Å². The topological polar surface area (TPSA) is 43.4 Å². The van der Waals surface area contributed by atoms with Gasteiger partial charge in [0.2, 0.25) is 0 Å². The fourth-order valence-electron chi connectivity index (χ4n) is 4.09. The molecule has 2 rings (SSSR count). The molecule has 0 heterocycles. The molecule has 1 aromatic carbocycles. The van der Waals surface area contributed by atoms with Gasteiger partial charge in [-0.2, -0.15) is 0 Å². The molecule has 0 fully saturated rings. The van der Waals surface area contributed by atoms with Gasteiger partial charge in [-0.15, -0.1) is 0 Å². The molecule has 0 saturated carbocycles. The first-order valence-electron chi connectivity index (χ1n) is 10.7. The van der Waals surface area contributed by atoms with Crippen LogP contribution >= 0.6 is 0 Å². The lowest BCUT2D eigenvalue weighted by molar-refractivity contribution is -0.134. The van der Waals surface area contributed by atoms with Crippen molar-refractivity contribution in [3.63, 3.8) is 0 Å². The number of benzene rings is 1. The van der Waals surface area contributed by atoms with Crippen LogP contribution in [0.1, 0.15) is 46.6 Å². The third-order valence-corrected chi connectivity index (χ3v) is 5.73. The Bertz CT molecular complexity index is 953. The summed E-state index contributed by atoms with van der Waals surface area (Å²) in [7, 11) is 1.36. The summed E-state index contributed by atoms with van der Waals surface area (Å²) in [5.74, 6) is -0.0773. The van der Waals surface area contributed by atoms with Gasteiger partial charge in [0.05, 0.1) is 7.11 Å². The quantitative estimate of drug-likeness (QED) is 0.295. The number of methoxy groups -OCH3 is 1. The number of ether oxygens (including phenoxy) is 1. The molecule has 1 aliphatic rings. The molecule has 0 radical (unpaired) electrons. The van der Waals surface area contributed by atoms with Crippen molar-refractivity contribution >= 4 is 11.8 Å². The maximum absolute atomic E-state index is 13.1. The minimum absolute atomic E-state index is 0.0266. The molecule has 0 unspecified atom stereocenters. The number of esters is 1. The van der Waals surface area contributed by atoms with Gasteiger partial charge in [-0.05, 0) is 61.3 Å². The Morgan fingerprint density at radius 3 is 2.45 bits per heavy atom. The van der Waals surface area contributed by atoms with Crippen molar-refractivity contribution in [1.29, 1.82) is 0 Å². The molecule has 1 aliphatic carbocycles. The maximum atomic E-state index is 13.1. The fourth-order valence-corrected chi connectivity index (χ4v) is 4.09. The summed E-state index contributed by atoms with van der Waals surface area (Å²) in [6.07, 6.45) is 13.0. The van der Waals surface area contributed by atoms with Crippen molar-refractivity contribution < 1.29 is 14.3 Å². The number of carbonyl (C=O) groups is 2. The Kier molecular flexibility index (Phi) is 8.56. The average Bonchev–Trinajstić information content (AvgIpc) is 2.72. The highest BCUT2D eigenvalue weighted by molar-refractivity contribution is 5.99. The molecule has 31 heavy (non-hydrogen) atoms. The number of Topliss-reactive ketones (excluding diaryl/α,β-unsaturated/α-hetero) is 1. The molecule has 0 N–H and O–H groups in total. The van der Waals surface area contributed by atoms with E-state index in [1.54, 1.807) is 0 Å². The molecule has 1 atom stereocenters. The number of carbonyl (C=O) groups excluding carboxylic acids is 2. The van der Waals surface area contributed by atoms with Crippen LogP contribution < -0.4 is 0 Å². The van der Waals surface area contributed by atoms with Crippen molar-refractivity contribution in [2.75, 3.05) is 7.11 Å². The zero-order chi connectivity index (χ0) is 23.0. The number of hydrogen-bond donors (Lipinski definition) is 0. The van der Waals surface area contributed by atoms with Crippen LogP contribution in [0.15, 0.2) is 89.1 Å². The summed E-state index contributed by atoms with van der Waals surface area (Å²) in [4.78, 5) is 24.3. The van der Waals surface area contributed by atoms with E-state index in [0.29, 0.717) is 0 Å². The zero-order valence-electron chi connectivity index (χ0n) is 19.6. The molecular formula is C28H34O3. The number of ketones is 1. The van der Waals surface area contributed by atoms with Gasteiger partial charge in [0.25, 0.3) is 0 Å². The van der Waals surface area contributed by atoms with Crippen LogP contribution in [0.4, 0.5) is 0 Å². The molecular weight excluding hydrogens is 384 g/mol. The van der Waals surface area contributed by atoms with Gasteiger partial charge >= 0.3 is 5.97 Å². The Morgan fingerprint density at radius 1 is 1.13 bits per heavy atom. The van der Waals surface area contributed by atoms with Crippen molar-refractivity contribution in [2.45, 2.75) is 47.5 Å². The van der Waals surface area contributed by atoms with E-state index in [1.807, 2.05) is 57.2 Å². The van der Waals surface area contributed by atoms with E-state index in [4.69, 9.17) is 0 Å². The first-order chi connectivity index (χ1) is 14.6. The number of hydrogen-bond acceptors (Lipinski definition) is 3. The van der Waals surface area contributed by atoms with E-state index < -0.39 is 0 Å². The summed E-state index contributed by atoms with van der Waals surface area (Å²) >= 11 is 0. The average molecular weight is 419 g/mol. The Hall–Kier alpha value is -2.94. The van der Waals surface area contributed by atoms with Crippen LogP contribution in [-0.2, 0) is 20.7 Å². The van der Waals surface area contributed by atoms with E-state index in [0.717, 1.165) is 35.1 Å². The molecule has 0 aromatic heterocycles. The maximum Gasteiger partial charge on any atom is 0.330 e. The number of rotatable bonds is 7. The van der Waals surface area contributed by atoms with Crippen LogP contribution in [0.5, 0.6) is 0 Å². The second-order valence-electron chi connectivity index (χ2n) is 8.89. The van der Waals surface area contributed by atoms with Crippen LogP contribution in [0.25, 0.3) is 0 Å². The van der Waals surface area contributed by atoms with E-state index in [-0.39, 0.29) is 23.1 Å². The molecule has 0 aliphatic heterocycles. The van der Waals surface area contributed by atoms with Crippen LogP contribution in [0.2, 0.25) is 0 Å². The molecule has 3 heteroatoms. The fraction of sp³-hybridized carbons (Fsp3) is 0.357. The predicted molar refractivity (Wildman–Crippen MR) is 128 cm³/mol. The highest BCUT2D eigenvalue weighted by atomic mass is 16.5. The van der Waals surface area contributed by atoms with E-state index in [1.165, 1.54) is 18.7 Å². The van der Waals surface area contributed by atoms with Gasteiger partial charge < -0.3 is 4.74 Å². The second kappa shape index (κ2) is 10.9. The van der Waals surface area contributed by atoms with E-state index in [9.17, 15) is 9.59 Å². The second-order valence-corrected chi connectivity index (χ2v) is 8.89. The minimum Gasteiger partial charge on any atom is -0.466 e. The van der Waals surface area contributed by atoms with Crippen molar-refractivity contribution in [2.24, 2.45) is 11.3 Å². The van der Waals surface area contributed by atoms with Gasteiger partial charge in [-0.25, -0.2) is 4.79 Å². The number of allylic oxidation sites excluding steroid dienone is 9. The summed E-state index contributed by atoms with van der Waals surface area (Å²) in [5.41, 5.74) is 5.02. The summed E-state index contributed by atoms with van der Waals surface area (Å²) < 4.78 is 4.62. The molecule has 0 spiro atoms. The Labute approximate surface area is 186 Å². The summed E-state index contributed by atoms with van der Waals surface area (Å²) in [5, 5.41) is 0. The zero-order valence-corrected chi connectivity index (χ0v) is 19.6. The predicted octanol–water partition coefficient (Wildman–Crippen LogP) is 6.34. The van der Waals surface area contributed by atoms with Crippen LogP contribution in [-0.4, -0.2) is 18.9 Å². The lowest BCUT2D eigenvalue weighted by atomic mass is 9.66. The molecule has 164 valence electrons. The normalized spacial score (nSPS) is 20.1. The highest BCUT2D eigenvalue weighted by Crippen LogP contribution is 2.43. The summed E-state index contributed by atoms with van der Waals surface area (Å²) in [6, 6.07) is 10.3. The molecule has 0 amide bonds. The van der Waals surface area contributed by atoms with E-state index >= 15 is 0 Å². The van der Waals surface area contributed by atoms with E-state index in [2.05, 4.69) is 42.9 Å². The molecule has 3 nitrogen and oxygen atoms in total. The van der Waals surface area contributed by atoms with Crippen molar-refractivity contribution in [1.82, 2.24) is 0 Å². The Morgan fingerprint density at radius 2 is 1.81 bits per heavy atom. The first kappa shape index (κ1) is 24.3. The first-order valence-corrected chi connectivity index (χ1v) is 10.7. The van der Waals surface area contributed by atoms with Crippen LogP contribution in [0.3, 0.4) is 0 Å².